The van der Waals surface area contributed by atoms with Crippen LogP contribution >= 0.6 is 24.0 Å². The van der Waals surface area contributed by atoms with Crippen molar-refractivity contribution < 1.29 is 4.74 Å². The zero-order valence-corrected chi connectivity index (χ0v) is 16.1. The maximum Gasteiger partial charge on any atom is 0.142 e. The molecule has 0 aliphatic carbocycles. The molecule has 6 heteroatoms. The Labute approximate surface area is 160 Å². The molecule has 0 aromatic heterocycles. The first kappa shape index (κ1) is 19.4. The Balaban J connectivity index is 0.00000225. The minimum Gasteiger partial charge on any atom is -0.495 e. The fourth-order valence-electron chi connectivity index (χ4n) is 2.95. The third-order valence-corrected chi connectivity index (χ3v) is 4.57. The van der Waals surface area contributed by atoms with Crippen molar-refractivity contribution in [3.8, 4) is 5.75 Å². The maximum atomic E-state index is 6.25. The van der Waals surface area contributed by atoms with Gasteiger partial charge < -0.3 is 9.64 Å². The van der Waals surface area contributed by atoms with Gasteiger partial charge in [-0.05, 0) is 25.1 Å². The summed E-state index contributed by atoms with van der Waals surface area (Å²) in [5.41, 5.74) is 3.09. The van der Waals surface area contributed by atoms with Crippen LogP contribution in [-0.2, 0) is 0 Å². The minimum atomic E-state index is 0. The van der Waals surface area contributed by atoms with E-state index in [1.807, 2.05) is 49.4 Å². The molecule has 1 saturated heterocycles. The maximum absolute atomic E-state index is 6.25. The molecule has 1 aliphatic heterocycles. The number of para-hydroxylation sites is 2. The number of ether oxygens (including phenoxy) is 1. The van der Waals surface area contributed by atoms with Crippen LogP contribution in [-0.4, -0.2) is 44.0 Å². The fourth-order valence-corrected chi connectivity index (χ4v) is 3.22. The highest BCUT2D eigenvalue weighted by Gasteiger charge is 2.19. The first-order valence-corrected chi connectivity index (χ1v) is 8.50. The summed E-state index contributed by atoms with van der Waals surface area (Å²) >= 11 is 6.25. The van der Waals surface area contributed by atoms with Crippen molar-refractivity contribution in [1.82, 2.24) is 5.01 Å². The number of nitrogens with zero attached hydrogens (tertiary/aromatic N) is 3. The van der Waals surface area contributed by atoms with E-state index >= 15 is 0 Å². The van der Waals surface area contributed by atoms with E-state index in [1.54, 1.807) is 7.11 Å². The summed E-state index contributed by atoms with van der Waals surface area (Å²) in [4.78, 5) is 2.34. The van der Waals surface area contributed by atoms with E-state index in [1.165, 1.54) is 0 Å². The fraction of sp³-hybridized carbons (Fsp3) is 0.316. The number of rotatable bonds is 4. The van der Waals surface area contributed by atoms with E-state index in [9.17, 15) is 0 Å². The van der Waals surface area contributed by atoms with Gasteiger partial charge in [0, 0.05) is 23.7 Å². The molecule has 1 fully saturated rings. The topological polar surface area (TPSA) is 28.1 Å². The normalized spacial score (nSPS) is 14.9. The average molecular weight is 380 g/mol. The van der Waals surface area contributed by atoms with Crippen LogP contribution < -0.4 is 9.64 Å². The summed E-state index contributed by atoms with van der Waals surface area (Å²) in [7, 11) is 1.71. The lowest BCUT2D eigenvalue weighted by Gasteiger charge is -2.35. The lowest BCUT2D eigenvalue weighted by atomic mass is 10.1. The third-order valence-electron chi connectivity index (χ3n) is 4.24. The molecule has 0 atom stereocenters. The smallest absolute Gasteiger partial charge is 0.142 e. The highest BCUT2D eigenvalue weighted by atomic mass is 35.5. The number of piperazine rings is 1. The van der Waals surface area contributed by atoms with Crippen LogP contribution in [0, 0.1) is 0 Å². The van der Waals surface area contributed by atoms with E-state index in [0.717, 1.165) is 53.9 Å². The Kier molecular flexibility index (Phi) is 6.97. The third kappa shape index (κ3) is 4.59. The van der Waals surface area contributed by atoms with Gasteiger partial charge in [-0.3, -0.25) is 5.01 Å². The van der Waals surface area contributed by atoms with Gasteiger partial charge in [-0.15, -0.1) is 12.4 Å². The Morgan fingerprint density at radius 1 is 1.00 bits per heavy atom. The summed E-state index contributed by atoms with van der Waals surface area (Å²) in [6.07, 6.45) is 0. The van der Waals surface area contributed by atoms with Gasteiger partial charge in [0.2, 0.25) is 0 Å². The average Bonchev–Trinajstić information content (AvgIpc) is 2.62. The second-order valence-corrected chi connectivity index (χ2v) is 6.19. The lowest BCUT2D eigenvalue weighted by Crippen LogP contribution is -2.44. The highest BCUT2D eigenvalue weighted by Crippen LogP contribution is 2.28. The number of anilines is 1. The molecule has 134 valence electrons. The summed E-state index contributed by atoms with van der Waals surface area (Å²) in [6.45, 7) is 5.59. The largest absolute Gasteiger partial charge is 0.495 e. The number of hydrogen-bond donors (Lipinski definition) is 0. The molecule has 25 heavy (non-hydrogen) atoms. The van der Waals surface area contributed by atoms with Crippen molar-refractivity contribution >= 4 is 35.4 Å². The van der Waals surface area contributed by atoms with Gasteiger partial charge in [0.05, 0.1) is 31.6 Å². The molecule has 2 aromatic carbocycles. The van der Waals surface area contributed by atoms with Gasteiger partial charge in [0.25, 0.3) is 0 Å². The molecular formula is C19H23Cl2N3O. The molecule has 0 unspecified atom stereocenters. The predicted octanol–water partition coefficient (Wildman–Crippen LogP) is 4.32. The Bertz CT molecular complexity index is 728. The summed E-state index contributed by atoms with van der Waals surface area (Å²) in [5, 5.41) is 7.60. The number of benzene rings is 2. The second kappa shape index (κ2) is 8.97. The zero-order valence-electron chi connectivity index (χ0n) is 14.5. The van der Waals surface area contributed by atoms with Crippen LogP contribution in [0.5, 0.6) is 5.75 Å². The zero-order chi connectivity index (χ0) is 16.9. The molecule has 0 N–H and O–H groups in total. The van der Waals surface area contributed by atoms with Crippen LogP contribution in [0.1, 0.15) is 12.5 Å². The first-order valence-electron chi connectivity index (χ1n) is 8.12. The summed E-state index contributed by atoms with van der Waals surface area (Å²) < 4.78 is 5.46. The summed E-state index contributed by atoms with van der Waals surface area (Å²) in [5.74, 6) is 0.918. The number of hydrazone groups is 1. The monoisotopic (exact) mass is 379 g/mol. The predicted molar refractivity (Wildman–Crippen MR) is 108 cm³/mol. The van der Waals surface area contributed by atoms with Crippen LogP contribution in [0.2, 0.25) is 5.02 Å². The molecule has 3 rings (SSSR count). The Morgan fingerprint density at radius 2 is 1.64 bits per heavy atom. The molecule has 0 spiro atoms. The van der Waals surface area contributed by atoms with Crippen molar-refractivity contribution in [3.63, 3.8) is 0 Å². The quantitative estimate of drug-likeness (QED) is 0.740. The SMILES string of the molecule is COc1ccccc1N1CCN(/N=C(\C)c2ccccc2Cl)CC1.Cl. The van der Waals surface area contributed by atoms with Crippen LogP contribution in [0.15, 0.2) is 53.6 Å². The van der Waals surface area contributed by atoms with Gasteiger partial charge >= 0.3 is 0 Å². The molecule has 0 radical (unpaired) electrons. The van der Waals surface area contributed by atoms with Crippen molar-refractivity contribution in [2.24, 2.45) is 5.10 Å². The van der Waals surface area contributed by atoms with Crippen LogP contribution in [0.4, 0.5) is 5.69 Å². The minimum absolute atomic E-state index is 0. The summed E-state index contributed by atoms with van der Waals surface area (Å²) in [6, 6.07) is 16.0. The lowest BCUT2D eigenvalue weighted by molar-refractivity contribution is 0.269. The van der Waals surface area contributed by atoms with Crippen LogP contribution in [0.25, 0.3) is 0 Å². The standard InChI is InChI=1S/C19H22ClN3O.ClH/c1-15(16-7-3-4-8-17(16)20)21-23-13-11-22(12-14-23)18-9-5-6-10-19(18)24-2;/h3-10H,11-14H2,1-2H3;1H/b21-15+;. The first-order chi connectivity index (χ1) is 11.7. The molecule has 0 bridgehead atoms. The molecule has 1 heterocycles. The Morgan fingerprint density at radius 3 is 2.32 bits per heavy atom. The molecule has 0 amide bonds. The van der Waals surface area contributed by atoms with Gasteiger partial charge in [-0.25, -0.2) is 0 Å². The molecule has 0 saturated carbocycles. The van der Waals surface area contributed by atoms with Crippen molar-refractivity contribution in [1.29, 1.82) is 0 Å². The molecule has 1 aliphatic rings. The second-order valence-electron chi connectivity index (χ2n) is 5.78. The van der Waals surface area contributed by atoms with Gasteiger partial charge in [0.1, 0.15) is 5.75 Å². The van der Waals surface area contributed by atoms with Crippen molar-refractivity contribution in [2.75, 3.05) is 38.2 Å². The molecule has 4 nitrogen and oxygen atoms in total. The van der Waals surface area contributed by atoms with E-state index < -0.39 is 0 Å². The van der Waals surface area contributed by atoms with E-state index in [0.29, 0.717) is 0 Å². The molecular weight excluding hydrogens is 357 g/mol. The van der Waals surface area contributed by atoms with E-state index in [4.69, 9.17) is 21.4 Å². The van der Waals surface area contributed by atoms with Gasteiger partial charge in [-0.2, -0.15) is 5.10 Å². The van der Waals surface area contributed by atoms with Crippen molar-refractivity contribution in [2.45, 2.75) is 6.92 Å². The number of methoxy groups -OCH3 is 1. The highest BCUT2D eigenvalue weighted by molar-refractivity contribution is 6.34. The van der Waals surface area contributed by atoms with Gasteiger partial charge in [0.15, 0.2) is 0 Å². The number of hydrogen-bond acceptors (Lipinski definition) is 4. The molecule has 2 aromatic rings. The van der Waals surface area contributed by atoms with Crippen LogP contribution in [0.3, 0.4) is 0 Å². The van der Waals surface area contributed by atoms with E-state index in [-0.39, 0.29) is 12.4 Å². The van der Waals surface area contributed by atoms with Gasteiger partial charge in [-0.1, -0.05) is 41.9 Å². The van der Waals surface area contributed by atoms with Crippen molar-refractivity contribution in [3.05, 3.63) is 59.1 Å². The van der Waals surface area contributed by atoms with E-state index in [2.05, 4.69) is 16.0 Å². The number of halogens is 2. The Hall–Kier alpha value is -1.91.